The lowest BCUT2D eigenvalue weighted by molar-refractivity contribution is 0.370. The van der Waals surface area contributed by atoms with Gasteiger partial charge in [0.15, 0.2) is 0 Å². The van der Waals surface area contributed by atoms with E-state index < -0.39 is 10.0 Å². The summed E-state index contributed by atoms with van der Waals surface area (Å²) in [6, 6.07) is -0.0394. The van der Waals surface area contributed by atoms with Crippen LogP contribution in [0.3, 0.4) is 0 Å². The summed E-state index contributed by atoms with van der Waals surface area (Å²) in [5, 5.41) is -0.364. The van der Waals surface area contributed by atoms with Crippen molar-refractivity contribution in [1.82, 2.24) is 9.62 Å². The number of hydrogen-bond donors (Lipinski definition) is 1. The van der Waals surface area contributed by atoms with E-state index in [1.54, 1.807) is 13.8 Å². The van der Waals surface area contributed by atoms with Crippen LogP contribution in [0.1, 0.15) is 20.8 Å². The van der Waals surface area contributed by atoms with E-state index in [-0.39, 0.29) is 11.3 Å². The molecule has 0 saturated heterocycles. The van der Waals surface area contributed by atoms with Crippen molar-refractivity contribution in [2.75, 3.05) is 20.6 Å². The number of nitrogens with zero attached hydrogens (tertiary/aromatic N) is 1. The lowest BCUT2D eigenvalue weighted by Gasteiger charge is -2.19. The molecule has 0 aromatic heterocycles. The Labute approximate surface area is 81.4 Å². The second kappa shape index (κ2) is 4.93. The maximum absolute atomic E-state index is 11.4. The Morgan fingerprint density at radius 1 is 1.23 bits per heavy atom. The van der Waals surface area contributed by atoms with E-state index in [1.165, 1.54) is 0 Å². The molecular formula is C8H20N2O2S. The number of likely N-dealkylation sites (N-methyl/N-ethyl adjacent to an activating group) is 1. The van der Waals surface area contributed by atoms with Crippen molar-refractivity contribution >= 4 is 10.0 Å². The summed E-state index contributed by atoms with van der Waals surface area (Å²) in [5.41, 5.74) is 0. The molecule has 0 aliphatic heterocycles. The average molecular weight is 208 g/mol. The molecule has 0 heterocycles. The largest absolute Gasteiger partial charge is 0.308 e. The fourth-order valence-electron chi connectivity index (χ4n) is 1.00. The SMILES string of the molecule is CC(CN(C)C)NS(=O)(=O)C(C)C. The van der Waals surface area contributed by atoms with Crippen LogP contribution in [0, 0.1) is 0 Å². The molecule has 5 heteroatoms. The highest BCUT2D eigenvalue weighted by Gasteiger charge is 2.18. The van der Waals surface area contributed by atoms with Crippen LogP contribution in [-0.2, 0) is 10.0 Å². The normalized spacial score (nSPS) is 15.3. The van der Waals surface area contributed by atoms with Crippen molar-refractivity contribution in [3.63, 3.8) is 0 Å². The molecule has 0 aromatic rings. The first-order chi connectivity index (χ1) is 5.75. The molecule has 0 rings (SSSR count). The van der Waals surface area contributed by atoms with Gasteiger partial charge >= 0.3 is 0 Å². The van der Waals surface area contributed by atoms with E-state index in [2.05, 4.69) is 4.72 Å². The van der Waals surface area contributed by atoms with Gasteiger partial charge in [0, 0.05) is 12.6 Å². The molecule has 0 aromatic carbocycles. The predicted molar refractivity (Wildman–Crippen MR) is 55.2 cm³/mol. The van der Waals surface area contributed by atoms with E-state index in [0.717, 1.165) is 0 Å². The molecule has 0 fully saturated rings. The number of rotatable bonds is 5. The fourth-order valence-corrected chi connectivity index (χ4v) is 1.91. The molecule has 0 radical (unpaired) electrons. The van der Waals surface area contributed by atoms with Gasteiger partial charge in [-0.3, -0.25) is 0 Å². The zero-order chi connectivity index (χ0) is 10.6. The highest BCUT2D eigenvalue weighted by atomic mass is 32.2. The van der Waals surface area contributed by atoms with Gasteiger partial charge in [0.05, 0.1) is 5.25 Å². The van der Waals surface area contributed by atoms with Gasteiger partial charge < -0.3 is 4.90 Å². The monoisotopic (exact) mass is 208 g/mol. The van der Waals surface area contributed by atoms with Gasteiger partial charge in [0.25, 0.3) is 0 Å². The van der Waals surface area contributed by atoms with Crippen molar-refractivity contribution in [3.05, 3.63) is 0 Å². The second-order valence-corrected chi connectivity index (χ2v) is 6.14. The molecule has 13 heavy (non-hydrogen) atoms. The molecule has 1 N–H and O–H groups in total. The quantitative estimate of drug-likeness (QED) is 0.705. The maximum Gasteiger partial charge on any atom is 0.214 e. The molecule has 0 saturated carbocycles. The van der Waals surface area contributed by atoms with Crippen LogP contribution < -0.4 is 4.72 Å². The van der Waals surface area contributed by atoms with Gasteiger partial charge in [0.2, 0.25) is 10.0 Å². The lowest BCUT2D eigenvalue weighted by Crippen LogP contribution is -2.42. The molecule has 0 bridgehead atoms. The van der Waals surface area contributed by atoms with Crippen molar-refractivity contribution in [2.24, 2.45) is 0 Å². The minimum absolute atomic E-state index is 0.0394. The molecule has 0 amide bonds. The molecule has 0 aliphatic rings. The first kappa shape index (κ1) is 12.9. The van der Waals surface area contributed by atoms with Gasteiger partial charge in [-0.2, -0.15) is 0 Å². The van der Waals surface area contributed by atoms with Gasteiger partial charge in [-0.15, -0.1) is 0 Å². The Bertz CT molecular complexity index is 235. The van der Waals surface area contributed by atoms with Crippen LogP contribution in [-0.4, -0.2) is 45.2 Å². The Kier molecular flexibility index (Phi) is 4.88. The maximum atomic E-state index is 11.4. The standard InChI is InChI=1S/C8H20N2O2S/c1-7(2)13(11,12)9-8(3)6-10(4)5/h7-9H,6H2,1-5H3. The molecule has 1 atom stereocenters. The molecular weight excluding hydrogens is 188 g/mol. The minimum atomic E-state index is -3.12. The summed E-state index contributed by atoms with van der Waals surface area (Å²) in [6.07, 6.45) is 0. The summed E-state index contributed by atoms with van der Waals surface area (Å²) in [5.74, 6) is 0. The zero-order valence-electron chi connectivity index (χ0n) is 9.03. The van der Waals surface area contributed by atoms with E-state index in [9.17, 15) is 8.42 Å². The highest BCUT2D eigenvalue weighted by molar-refractivity contribution is 7.90. The summed E-state index contributed by atoms with van der Waals surface area (Å²) in [4.78, 5) is 1.95. The fraction of sp³-hybridized carbons (Fsp3) is 1.00. The second-order valence-electron chi connectivity index (χ2n) is 3.87. The van der Waals surface area contributed by atoms with Crippen LogP contribution in [0.25, 0.3) is 0 Å². The Morgan fingerprint density at radius 2 is 1.69 bits per heavy atom. The van der Waals surface area contributed by atoms with Crippen LogP contribution in [0.2, 0.25) is 0 Å². The number of sulfonamides is 1. The molecule has 1 unspecified atom stereocenters. The molecule has 4 nitrogen and oxygen atoms in total. The van der Waals surface area contributed by atoms with Crippen LogP contribution in [0.5, 0.6) is 0 Å². The van der Waals surface area contributed by atoms with E-state index in [0.29, 0.717) is 6.54 Å². The van der Waals surface area contributed by atoms with Crippen LogP contribution in [0.4, 0.5) is 0 Å². The summed E-state index contributed by atoms with van der Waals surface area (Å²) in [6.45, 7) is 5.92. The molecule has 0 spiro atoms. The van der Waals surface area contributed by atoms with Gasteiger partial charge in [0.1, 0.15) is 0 Å². The van der Waals surface area contributed by atoms with Crippen LogP contribution in [0.15, 0.2) is 0 Å². The van der Waals surface area contributed by atoms with Gasteiger partial charge in [-0.05, 0) is 34.9 Å². The van der Waals surface area contributed by atoms with Crippen molar-refractivity contribution in [2.45, 2.75) is 32.1 Å². The Hall–Kier alpha value is -0.130. The Morgan fingerprint density at radius 3 is 2.00 bits per heavy atom. The highest BCUT2D eigenvalue weighted by Crippen LogP contribution is 1.98. The molecule has 80 valence electrons. The van der Waals surface area contributed by atoms with Gasteiger partial charge in [-0.1, -0.05) is 0 Å². The van der Waals surface area contributed by atoms with Crippen LogP contribution >= 0.6 is 0 Å². The summed E-state index contributed by atoms with van der Waals surface area (Å²) < 4.78 is 25.4. The van der Waals surface area contributed by atoms with E-state index in [4.69, 9.17) is 0 Å². The van der Waals surface area contributed by atoms with Crippen molar-refractivity contribution in [1.29, 1.82) is 0 Å². The molecule has 0 aliphatic carbocycles. The smallest absolute Gasteiger partial charge is 0.214 e. The number of hydrogen-bond acceptors (Lipinski definition) is 3. The summed E-state index contributed by atoms with van der Waals surface area (Å²) in [7, 11) is 0.714. The predicted octanol–water partition coefficient (Wildman–Crippen LogP) is 0.264. The third-order valence-electron chi connectivity index (χ3n) is 1.63. The first-order valence-electron chi connectivity index (χ1n) is 4.41. The zero-order valence-corrected chi connectivity index (χ0v) is 9.85. The third-order valence-corrected chi connectivity index (χ3v) is 3.60. The average Bonchev–Trinajstić information content (AvgIpc) is 1.82. The summed E-state index contributed by atoms with van der Waals surface area (Å²) >= 11 is 0. The van der Waals surface area contributed by atoms with E-state index in [1.807, 2.05) is 25.9 Å². The first-order valence-corrected chi connectivity index (χ1v) is 5.96. The van der Waals surface area contributed by atoms with Crippen molar-refractivity contribution < 1.29 is 8.42 Å². The third kappa shape index (κ3) is 5.23. The van der Waals surface area contributed by atoms with E-state index >= 15 is 0 Å². The number of nitrogens with one attached hydrogen (secondary N) is 1. The Balaban J connectivity index is 4.13. The van der Waals surface area contributed by atoms with Crippen molar-refractivity contribution in [3.8, 4) is 0 Å². The topological polar surface area (TPSA) is 49.4 Å². The van der Waals surface area contributed by atoms with Gasteiger partial charge in [-0.25, -0.2) is 13.1 Å². The lowest BCUT2D eigenvalue weighted by atomic mass is 10.3. The minimum Gasteiger partial charge on any atom is -0.308 e.